The van der Waals surface area contributed by atoms with Gasteiger partial charge in [0.2, 0.25) is 5.91 Å². The van der Waals surface area contributed by atoms with Crippen LogP contribution in [0.25, 0.3) is 0 Å². The Labute approximate surface area is 107 Å². The summed E-state index contributed by atoms with van der Waals surface area (Å²) in [6.07, 6.45) is 0. The van der Waals surface area contributed by atoms with Gasteiger partial charge in [-0.15, -0.1) is 0 Å². The molecule has 0 aliphatic heterocycles. The summed E-state index contributed by atoms with van der Waals surface area (Å²) < 4.78 is 39.0. The maximum absolute atomic E-state index is 13.3. The quantitative estimate of drug-likeness (QED) is 0.658. The largest absolute Gasteiger partial charge is 0.392 e. The summed E-state index contributed by atoms with van der Waals surface area (Å²) in [7, 11) is 0. The van der Waals surface area contributed by atoms with Crippen molar-refractivity contribution in [1.82, 2.24) is 0 Å². The molecule has 3 nitrogen and oxygen atoms in total. The van der Waals surface area contributed by atoms with Crippen molar-refractivity contribution >= 4 is 28.8 Å². The van der Waals surface area contributed by atoms with Gasteiger partial charge in [-0.25, -0.2) is 13.2 Å². The number of carbonyl (C=O) groups excluding carboxylic acids is 1. The summed E-state index contributed by atoms with van der Waals surface area (Å²) >= 11 is 4.69. The van der Waals surface area contributed by atoms with E-state index in [4.69, 9.17) is 18.0 Å². The zero-order valence-electron chi connectivity index (χ0n) is 9.68. The number of amides is 1. The monoisotopic (exact) mass is 276 g/mol. The lowest BCUT2D eigenvalue weighted by Gasteiger charge is -2.22. The molecule has 1 aromatic carbocycles. The van der Waals surface area contributed by atoms with Gasteiger partial charge in [-0.3, -0.25) is 4.79 Å². The van der Waals surface area contributed by atoms with Crippen LogP contribution in [0.15, 0.2) is 12.1 Å². The molecule has 0 heterocycles. The Morgan fingerprint density at radius 3 is 2.33 bits per heavy atom. The van der Waals surface area contributed by atoms with E-state index in [0.29, 0.717) is 6.07 Å². The van der Waals surface area contributed by atoms with Crippen LogP contribution >= 0.6 is 12.2 Å². The Hall–Kier alpha value is -1.63. The highest BCUT2D eigenvalue weighted by molar-refractivity contribution is 7.80. The molecule has 1 rings (SSSR count). The fourth-order valence-corrected chi connectivity index (χ4v) is 1.11. The van der Waals surface area contributed by atoms with Crippen molar-refractivity contribution in [1.29, 1.82) is 0 Å². The first-order valence-electron chi connectivity index (χ1n) is 4.92. The minimum Gasteiger partial charge on any atom is -0.392 e. The predicted octanol–water partition coefficient (Wildman–Crippen LogP) is 2.35. The first-order chi connectivity index (χ1) is 8.17. The second-order valence-electron chi connectivity index (χ2n) is 4.17. The minimum atomic E-state index is -1.65. The summed E-state index contributed by atoms with van der Waals surface area (Å²) in [6.45, 7) is 2.87. The average Bonchev–Trinajstić information content (AvgIpc) is 2.29. The van der Waals surface area contributed by atoms with E-state index in [-0.39, 0.29) is 4.99 Å². The molecule has 0 saturated carbocycles. The van der Waals surface area contributed by atoms with Gasteiger partial charge in [0.05, 0.1) is 16.1 Å². The molecule has 3 N–H and O–H groups in total. The number of hydrogen-bond acceptors (Lipinski definition) is 2. The number of halogens is 3. The molecule has 1 aromatic rings. The summed E-state index contributed by atoms with van der Waals surface area (Å²) in [5.41, 5.74) is 3.66. The summed E-state index contributed by atoms with van der Waals surface area (Å²) in [5.74, 6) is -5.16. The summed E-state index contributed by atoms with van der Waals surface area (Å²) in [5, 5.41) is 2.11. The molecule has 0 bridgehead atoms. The Balaban J connectivity index is 3.03. The highest BCUT2D eigenvalue weighted by Crippen LogP contribution is 2.23. The van der Waals surface area contributed by atoms with Gasteiger partial charge in [-0.05, 0) is 26.0 Å². The van der Waals surface area contributed by atoms with Crippen molar-refractivity contribution in [2.75, 3.05) is 5.32 Å². The minimum absolute atomic E-state index is 0.0945. The Morgan fingerprint density at radius 1 is 1.28 bits per heavy atom. The molecule has 0 radical (unpaired) electrons. The van der Waals surface area contributed by atoms with Gasteiger partial charge >= 0.3 is 0 Å². The highest BCUT2D eigenvalue weighted by atomic mass is 32.1. The summed E-state index contributed by atoms with van der Waals surface area (Å²) in [6, 6.07) is 1.63. The lowest BCUT2D eigenvalue weighted by Crippen LogP contribution is -2.41. The van der Waals surface area contributed by atoms with Gasteiger partial charge in [0, 0.05) is 0 Å². The molecule has 0 saturated heterocycles. The molecule has 0 aromatic heterocycles. The van der Waals surface area contributed by atoms with Gasteiger partial charge in [0.25, 0.3) is 0 Å². The van der Waals surface area contributed by atoms with Crippen LogP contribution in [0.2, 0.25) is 0 Å². The number of nitrogens with one attached hydrogen (secondary N) is 1. The molecule has 0 aliphatic rings. The topological polar surface area (TPSA) is 55.1 Å². The van der Waals surface area contributed by atoms with E-state index in [0.717, 1.165) is 6.07 Å². The van der Waals surface area contributed by atoms with E-state index in [2.05, 4.69) is 5.32 Å². The maximum Gasteiger partial charge on any atom is 0.236 e. The van der Waals surface area contributed by atoms with Gasteiger partial charge in [-0.1, -0.05) is 12.2 Å². The Bertz CT molecular complexity index is 517. The van der Waals surface area contributed by atoms with Gasteiger partial charge < -0.3 is 11.1 Å². The number of thiocarbonyl (C=S) groups is 1. The number of nitrogens with two attached hydrogens (primary N) is 1. The third kappa shape index (κ3) is 2.61. The number of rotatable bonds is 3. The Morgan fingerprint density at radius 2 is 1.83 bits per heavy atom. The fraction of sp³-hybridized carbons (Fsp3) is 0.273. The third-order valence-corrected chi connectivity index (χ3v) is 2.98. The smallest absolute Gasteiger partial charge is 0.236 e. The van der Waals surface area contributed by atoms with Gasteiger partial charge in [-0.2, -0.15) is 0 Å². The van der Waals surface area contributed by atoms with Crippen molar-refractivity contribution in [2.45, 2.75) is 13.8 Å². The van der Waals surface area contributed by atoms with E-state index in [1.807, 2.05) is 0 Å². The van der Waals surface area contributed by atoms with Crippen LogP contribution in [0, 0.1) is 22.9 Å². The van der Waals surface area contributed by atoms with E-state index in [1.165, 1.54) is 13.8 Å². The normalized spacial score (nSPS) is 11.2. The molecule has 98 valence electrons. The SMILES string of the molecule is CC(C)(C(=O)Nc1ccc(F)c(F)c1F)C(N)=S. The fourth-order valence-electron chi connectivity index (χ4n) is 1.01. The number of carbonyl (C=O) groups is 1. The first kappa shape index (κ1) is 14.4. The molecule has 0 spiro atoms. The zero-order chi connectivity index (χ0) is 14.1. The number of anilines is 1. The van der Waals surface area contributed by atoms with Crippen LogP contribution in [0.3, 0.4) is 0 Å². The van der Waals surface area contributed by atoms with Crippen molar-refractivity contribution < 1.29 is 18.0 Å². The molecule has 7 heteroatoms. The van der Waals surface area contributed by atoms with Gasteiger partial charge in [0.1, 0.15) is 0 Å². The molecule has 18 heavy (non-hydrogen) atoms. The van der Waals surface area contributed by atoms with Crippen LogP contribution in [-0.2, 0) is 4.79 Å². The molecular formula is C11H11F3N2OS. The highest BCUT2D eigenvalue weighted by Gasteiger charge is 2.31. The second kappa shape index (κ2) is 4.93. The van der Waals surface area contributed by atoms with Crippen molar-refractivity contribution in [3.63, 3.8) is 0 Å². The van der Waals surface area contributed by atoms with Crippen molar-refractivity contribution in [3.05, 3.63) is 29.6 Å². The van der Waals surface area contributed by atoms with Gasteiger partial charge in [0.15, 0.2) is 17.5 Å². The standard InChI is InChI=1S/C11H11F3N2OS/c1-11(2,9(15)18)10(17)16-6-4-3-5(12)7(13)8(6)14/h3-4H,1-2H3,(H2,15,18)(H,16,17). The van der Waals surface area contributed by atoms with Crippen molar-refractivity contribution in [2.24, 2.45) is 11.1 Å². The van der Waals surface area contributed by atoms with E-state index >= 15 is 0 Å². The van der Waals surface area contributed by atoms with Crippen LogP contribution in [0.1, 0.15) is 13.8 Å². The molecule has 0 fully saturated rings. The molecule has 0 unspecified atom stereocenters. The predicted molar refractivity (Wildman–Crippen MR) is 65.5 cm³/mol. The van der Waals surface area contributed by atoms with Crippen LogP contribution in [-0.4, -0.2) is 10.9 Å². The zero-order valence-corrected chi connectivity index (χ0v) is 10.5. The van der Waals surface area contributed by atoms with Crippen LogP contribution < -0.4 is 11.1 Å². The second-order valence-corrected chi connectivity index (χ2v) is 4.61. The third-order valence-electron chi connectivity index (χ3n) is 2.47. The van der Waals surface area contributed by atoms with E-state index in [9.17, 15) is 18.0 Å². The molecule has 1 amide bonds. The summed E-state index contributed by atoms with van der Waals surface area (Å²) in [4.78, 5) is 11.7. The maximum atomic E-state index is 13.3. The van der Waals surface area contributed by atoms with Crippen molar-refractivity contribution in [3.8, 4) is 0 Å². The van der Waals surface area contributed by atoms with E-state index < -0.39 is 34.5 Å². The molecule has 0 aliphatic carbocycles. The number of hydrogen-bond donors (Lipinski definition) is 2. The average molecular weight is 276 g/mol. The van der Waals surface area contributed by atoms with Crippen LogP contribution in [0.4, 0.5) is 18.9 Å². The molecule has 0 atom stereocenters. The van der Waals surface area contributed by atoms with Crippen LogP contribution in [0.5, 0.6) is 0 Å². The molecular weight excluding hydrogens is 265 g/mol. The first-order valence-corrected chi connectivity index (χ1v) is 5.33. The number of benzene rings is 1. The Kier molecular flexibility index (Phi) is 3.95. The lowest BCUT2D eigenvalue weighted by atomic mass is 9.92. The lowest BCUT2D eigenvalue weighted by molar-refractivity contribution is -0.121. The van der Waals surface area contributed by atoms with E-state index in [1.54, 1.807) is 0 Å².